The summed E-state index contributed by atoms with van der Waals surface area (Å²) in [5, 5.41) is 15.7. The van der Waals surface area contributed by atoms with Gasteiger partial charge in [0.05, 0.1) is 13.2 Å². The minimum atomic E-state index is 0.144. The van der Waals surface area contributed by atoms with Crippen molar-refractivity contribution >= 4 is 17.0 Å². The van der Waals surface area contributed by atoms with Gasteiger partial charge in [-0.3, -0.25) is 0 Å². The summed E-state index contributed by atoms with van der Waals surface area (Å²) < 4.78 is 5.23. The van der Waals surface area contributed by atoms with Gasteiger partial charge in [-0.2, -0.15) is 0 Å². The first-order valence-corrected chi connectivity index (χ1v) is 9.71. The predicted molar refractivity (Wildman–Crippen MR) is 103 cm³/mol. The molecule has 1 aromatic carbocycles. The minimum absolute atomic E-state index is 0.144. The Hall–Kier alpha value is -1.52. The Bertz CT molecular complexity index is 554. The van der Waals surface area contributed by atoms with Gasteiger partial charge in [0.1, 0.15) is 5.75 Å². The van der Waals surface area contributed by atoms with Crippen LogP contribution in [0.5, 0.6) is 5.75 Å². The van der Waals surface area contributed by atoms with E-state index < -0.39 is 0 Å². The van der Waals surface area contributed by atoms with Crippen molar-refractivity contribution in [2.75, 3.05) is 19.0 Å². The molecule has 0 radical (unpaired) electrons. The molecule has 24 heavy (non-hydrogen) atoms. The van der Waals surface area contributed by atoms with Crippen molar-refractivity contribution in [3.05, 3.63) is 46.7 Å². The Kier molecular flexibility index (Phi) is 8.13. The fraction of sp³-hybridized carbons (Fsp3) is 0.500. The van der Waals surface area contributed by atoms with Gasteiger partial charge >= 0.3 is 0 Å². The Morgan fingerprint density at radius 3 is 2.50 bits per heavy atom. The summed E-state index contributed by atoms with van der Waals surface area (Å²) in [6.45, 7) is 2.43. The van der Waals surface area contributed by atoms with Crippen LogP contribution in [0.1, 0.15) is 49.9 Å². The van der Waals surface area contributed by atoms with Gasteiger partial charge in [-0.15, -0.1) is 11.3 Å². The number of rotatable bonds is 11. The molecular formula is C20H29NO2S. The third-order valence-electron chi connectivity index (χ3n) is 4.40. The van der Waals surface area contributed by atoms with E-state index in [1.54, 1.807) is 18.4 Å². The van der Waals surface area contributed by atoms with E-state index >= 15 is 0 Å². The van der Waals surface area contributed by atoms with Crippen LogP contribution in [0.25, 0.3) is 0 Å². The molecule has 0 aliphatic heterocycles. The Balaban J connectivity index is 2.08. The lowest BCUT2D eigenvalue weighted by Crippen LogP contribution is -2.23. The fourth-order valence-corrected chi connectivity index (χ4v) is 3.82. The monoisotopic (exact) mass is 347 g/mol. The summed E-state index contributed by atoms with van der Waals surface area (Å²) >= 11 is 1.75. The largest absolute Gasteiger partial charge is 0.497 e. The maximum atomic E-state index is 9.96. The van der Waals surface area contributed by atoms with Crippen LogP contribution in [-0.2, 0) is 0 Å². The van der Waals surface area contributed by atoms with Gasteiger partial charge in [0.15, 0.2) is 0 Å². The molecule has 1 heterocycles. The van der Waals surface area contributed by atoms with Crippen LogP contribution in [0.4, 0.5) is 5.69 Å². The van der Waals surface area contributed by atoms with E-state index in [4.69, 9.17) is 4.74 Å². The van der Waals surface area contributed by atoms with Gasteiger partial charge in [-0.1, -0.05) is 38.7 Å². The van der Waals surface area contributed by atoms with Crippen molar-refractivity contribution in [2.45, 2.75) is 45.1 Å². The molecule has 2 unspecified atom stereocenters. The smallest absolute Gasteiger partial charge is 0.119 e. The number of aliphatic hydroxyl groups excluding tert-OH is 1. The number of nitrogens with one attached hydrogen (secondary N) is 1. The predicted octanol–water partition coefficient (Wildman–Crippen LogP) is 5.49. The molecule has 1 aromatic heterocycles. The zero-order valence-corrected chi connectivity index (χ0v) is 15.5. The number of anilines is 1. The number of ether oxygens (including phenoxy) is 1. The molecule has 2 aromatic rings. The third-order valence-corrected chi connectivity index (χ3v) is 5.35. The maximum absolute atomic E-state index is 9.96. The second-order valence-electron chi connectivity index (χ2n) is 6.16. The highest BCUT2D eigenvalue weighted by Crippen LogP contribution is 2.33. The molecule has 0 saturated carbocycles. The Labute approximate surface area is 149 Å². The van der Waals surface area contributed by atoms with Crippen LogP contribution >= 0.6 is 11.3 Å². The number of hydrogen-bond acceptors (Lipinski definition) is 4. The number of benzene rings is 1. The van der Waals surface area contributed by atoms with E-state index in [-0.39, 0.29) is 18.6 Å². The summed E-state index contributed by atoms with van der Waals surface area (Å²) in [4.78, 5) is 1.28. The zero-order valence-electron chi connectivity index (χ0n) is 14.7. The molecule has 0 fully saturated rings. The lowest BCUT2D eigenvalue weighted by Gasteiger charge is -2.27. The highest BCUT2D eigenvalue weighted by molar-refractivity contribution is 7.10. The average Bonchev–Trinajstić information content (AvgIpc) is 3.15. The van der Waals surface area contributed by atoms with Crippen LogP contribution in [0.3, 0.4) is 0 Å². The van der Waals surface area contributed by atoms with Gasteiger partial charge in [0, 0.05) is 23.1 Å². The van der Waals surface area contributed by atoms with Gasteiger partial charge in [-0.25, -0.2) is 0 Å². The quantitative estimate of drug-likeness (QED) is 0.528. The first kappa shape index (κ1) is 18.8. The van der Waals surface area contributed by atoms with Crippen LogP contribution < -0.4 is 10.1 Å². The van der Waals surface area contributed by atoms with Crippen LogP contribution in [0, 0.1) is 5.92 Å². The average molecular weight is 348 g/mol. The highest BCUT2D eigenvalue weighted by atomic mass is 32.1. The molecule has 0 saturated heterocycles. The SMILES string of the molecule is CCCCCCC(CO)C(Nc1ccc(OC)cc1)c1cccs1. The summed E-state index contributed by atoms with van der Waals surface area (Å²) in [6, 6.07) is 12.4. The third kappa shape index (κ3) is 5.53. The second kappa shape index (κ2) is 10.4. The van der Waals surface area contributed by atoms with Crippen molar-refractivity contribution in [1.82, 2.24) is 0 Å². The maximum Gasteiger partial charge on any atom is 0.119 e. The summed E-state index contributed by atoms with van der Waals surface area (Å²) in [6.07, 6.45) is 5.97. The number of unbranched alkanes of at least 4 members (excludes halogenated alkanes) is 3. The van der Waals surface area contributed by atoms with E-state index in [0.29, 0.717) is 0 Å². The zero-order chi connectivity index (χ0) is 17.2. The van der Waals surface area contributed by atoms with Crippen LogP contribution in [-0.4, -0.2) is 18.8 Å². The van der Waals surface area contributed by atoms with Gasteiger partial charge in [0.25, 0.3) is 0 Å². The van der Waals surface area contributed by atoms with Gasteiger partial charge < -0.3 is 15.2 Å². The minimum Gasteiger partial charge on any atom is -0.497 e. The molecule has 2 atom stereocenters. The van der Waals surface area contributed by atoms with Crippen molar-refractivity contribution in [3.63, 3.8) is 0 Å². The van der Waals surface area contributed by atoms with E-state index in [0.717, 1.165) is 17.9 Å². The molecule has 0 bridgehead atoms. The standard InChI is InChI=1S/C20H29NO2S/c1-3-4-5-6-8-16(15-22)20(19-9-7-14-24-19)21-17-10-12-18(23-2)13-11-17/h7,9-14,16,20-22H,3-6,8,15H2,1-2H3. The Morgan fingerprint density at radius 2 is 1.92 bits per heavy atom. The molecule has 0 spiro atoms. The number of hydrogen-bond donors (Lipinski definition) is 2. The Morgan fingerprint density at radius 1 is 1.12 bits per heavy atom. The highest BCUT2D eigenvalue weighted by Gasteiger charge is 2.23. The second-order valence-corrected chi connectivity index (χ2v) is 7.14. The molecule has 0 aliphatic rings. The van der Waals surface area contributed by atoms with Crippen molar-refractivity contribution < 1.29 is 9.84 Å². The van der Waals surface area contributed by atoms with Gasteiger partial charge in [-0.05, 0) is 42.1 Å². The van der Waals surface area contributed by atoms with E-state index in [9.17, 15) is 5.11 Å². The lowest BCUT2D eigenvalue weighted by molar-refractivity contribution is 0.200. The molecular weight excluding hydrogens is 318 g/mol. The molecule has 0 amide bonds. The summed E-state index contributed by atoms with van der Waals surface area (Å²) in [7, 11) is 1.68. The number of thiophene rings is 1. The van der Waals surface area contributed by atoms with Gasteiger partial charge in [0.2, 0.25) is 0 Å². The van der Waals surface area contributed by atoms with Crippen LogP contribution in [0.2, 0.25) is 0 Å². The molecule has 3 nitrogen and oxygen atoms in total. The molecule has 2 rings (SSSR count). The molecule has 0 aliphatic carbocycles. The number of aliphatic hydroxyl groups is 1. The molecule has 4 heteroatoms. The number of methoxy groups -OCH3 is 1. The topological polar surface area (TPSA) is 41.5 Å². The van der Waals surface area contributed by atoms with E-state index in [1.807, 2.05) is 24.3 Å². The van der Waals surface area contributed by atoms with Crippen molar-refractivity contribution in [1.29, 1.82) is 0 Å². The first-order valence-electron chi connectivity index (χ1n) is 8.83. The first-order chi connectivity index (χ1) is 11.8. The fourth-order valence-electron chi connectivity index (χ4n) is 2.95. The summed E-state index contributed by atoms with van der Waals surface area (Å²) in [5.74, 6) is 1.08. The van der Waals surface area contributed by atoms with Crippen molar-refractivity contribution in [3.8, 4) is 5.75 Å². The molecule has 2 N–H and O–H groups in total. The van der Waals surface area contributed by atoms with Crippen molar-refractivity contribution in [2.24, 2.45) is 5.92 Å². The van der Waals surface area contributed by atoms with Crippen LogP contribution in [0.15, 0.2) is 41.8 Å². The normalized spacial score (nSPS) is 13.5. The summed E-state index contributed by atoms with van der Waals surface area (Å²) in [5.41, 5.74) is 1.06. The molecule has 132 valence electrons. The lowest BCUT2D eigenvalue weighted by atomic mass is 9.92. The van der Waals surface area contributed by atoms with E-state index in [2.05, 4.69) is 29.8 Å². The van der Waals surface area contributed by atoms with E-state index in [1.165, 1.54) is 30.6 Å².